The molecule has 1 aliphatic rings. The van der Waals surface area contributed by atoms with Gasteiger partial charge in [0.15, 0.2) is 0 Å². The summed E-state index contributed by atoms with van der Waals surface area (Å²) >= 11 is 12.5. The summed E-state index contributed by atoms with van der Waals surface area (Å²) < 4.78 is 0. The minimum absolute atomic E-state index is 0.171. The third-order valence-corrected chi connectivity index (χ3v) is 6.21. The lowest BCUT2D eigenvalue weighted by molar-refractivity contribution is 0.175. The first-order chi connectivity index (χ1) is 14.2. The molecule has 0 aromatic heterocycles. The Morgan fingerprint density at radius 3 is 2.10 bits per heavy atom. The Balaban J connectivity index is 1.51. The second kappa shape index (κ2) is 9.58. The summed E-state index contributed by atoms with van der Waals surface area (Å²) in [7, 11) is 0. The molecular formula is C25H24Cl2N2. The predicted octanol–water partition coefficient (Wildman–Crippen LogP) is 6.67. The van der Waals surface area contributed by atoms with Gasteiger partial charge in [-0.2, -0.15) is 0 Å². The summed E-state index contributed by atoms with van der Waals surface area (Å²) in [5, 5.41) is 1.20. The molecule has 2 nitrogen and oxygen atoms in total. The smallest absolute Gasteiger partial charge is 0.0602 e. The van der Waals surface area contributed by atoms with Crippen LogP contribution in [0.5, 0.6) is 0 Å². The van der Waals surface area contributed by atoms with Crippen LogP contribution in [0.25, 0.3) is 0 Å². The molecule has 0 N–H and O–H groups in total. The van der Waals surface area contributed by atoms with E-state index in [9.17, 15) is 0 Å². The molecule has 0 bridgehead atoms. The normalized spacial score (nSPS) is 16.9. The molecule has 0 aliphatic carbocycles. The number of halogens is 2. The van der Waals surface area contributed by atoms with Gasteiger partial charge in [0, 0.05) is 19.3 Å². The number of hydrogen-bond acceptors (Lipinski definition) is 2. The van der Waals surface area contributed by atoms with E-state index in [-0.39, 0.29) is 6.04 Å². The van der Waals surface area contributed by atoms with E-state index in [1.54, 1.807) is 0 Å². The molecule has 1 heterocycles. The van der Waals surface area contributed by atoms with Crippen molar-refractivity contribution in [2.45, 2.75) is 24.9 Å². The molecule has 0 saturated carbocycles. The van der Waals surface area contributed by atoms with Gasteiger partial charge in [-0.15, -0.1) is 0 Å². The van der Waals surface area contributed by atoms with Crippen molar-refractivity contribution in [3.05, 3.63) is 106 Å². The first kappa shape index (κ1) is 20.2. The summed E-state index contributed by atoms with van der Waals surface area (Å²) in [5.41, 5.74) is 3.61. The lowest BCUT2D eigenvalue weighted by atomic mass is 9.94. The number of benzene rings is 3. The van der Waals surface area contributed by atoms with Gasteiger partial charge in [0.1, 0.15) is 0 Å². The van der Waals surface area contributed by atoms with E-state index < -0.39 is 0 Å². The summed E-state index contributed by atoms with van der Waals surface area (Å²) in [5.74, 6) is 0. The summed E-state index contributed by atoms with van der Waals surface area (Å²) in [6, 6.07) is 27.5. The zero-order chi connectivity index (χ0) is 20.1. The van der Waals surface area contributed by atoms with Gasteiger partial charge in [0.05, 0.1) is 22.1 Å². The lowest BCUT2D eigenvalue weighted by Crippen LogP contribution is -2.38. The Morgan fingerprint density at radius 2 is 1.45 bits per heavy atom. The van der Waals surface area contributed by atoms with Crippen LogP contribution in [0.4, 0.5) is 0 Å². The van der Waals surface area contributed by atoms with Crippen molar-refractivity contribution in [2.75, 3.05) is 13.1 Å². The van der Waals surface area contributed by atoms with Crippen LogP contribution in [-0.2, 0) is 0 Å². The average Bonchev–Trinajstić information content (AvgIpc) is 2.77. The fraction of sp³-hybridized carbons (Fsp3) is 0.240. The van der Waals surface area contributed by atoms with Crippen LogP contribution in [0, 0.1) is 0 Å². The molecule has 4 heteroatoms. The fourth-order valence-electron chi connectivity index (χ4n) is 3.96. The highest BCUT2D eigenvalue weighted by Gasteiger charge is 2.27. The number of likely N-dealkylation sites (tertiary alicyclic amines) is 1. The van der Waals surface area contributed by atoms with E-state index >= 15 is 0 Å². The molecule has 1 aliphatic heterocycles. The van der Waals surface area contributed by atoms with Crippen LogP contribution in [0.15, 0.2) is 83.9 Å². The zero-order valence-electron chi connectivity index (χ0n) is 16.2. The molecule has 0 amide bonds. The van der Waals surface area contributed by atoms with Crippen molar-refractivity contribution in [3.8, 4) is 0 Å². The van der Waals surface area contributed by atoms with Gasteiger partial charge in [-0.05, 0) is 41.7 Å². The van der Waals surface area contributed by atoms with Gasteiger partial charge in [0.25, 0.3) is 0 Å². The van der Waals surface area contributed by atoms with Gasteiger partial charge >= 0.3 is 0 Å². The van der Waals surface area contributed by atoms with Gasteiger partial charge in [0.2, 0.25) is 0 Å². The van der Waals surface area contributed by atoms with Crippen LogP contribution in [0.3, 0.4) is 0 Å². The molecule has 3 aromatic carbocycles. The first-order valence-electron chi connectivity index (χ1n) is 10.0. The molecular weight excluding hydrogens is 399 g/mol. The van der Waals surface area contributed by atoms with Crippen molar-refractivity contribution < 1.29 is 0 Å². The van der Waals surface area contributed by atoms with E-state index in [1.807, 2.05) is 36.5 Å². The monoisotopic (exact) mass is 422 g/mol. The van der Waals surface area contributed by atoms with Crippen LogP contribution in [0.2, 0.25) is 10.0 Å². The molecule has 1 fully saturated rings. The Bertz CT molecular complexity index is 949. The van der Waals surface area contributed by atoms with Crippen molar-refractivity contribution in [1.82, 2.24) is 4.90 Å². The topological polar surface area (TPSA) is 15.6 Å². The maximum atomic E-state index is 6.34. The van der Waals surface area contributed by atoms with Crippen LogP contribution < -0.4 is 0 Å². The molecule has 4 rings (SSSR count). The highest BCUT2D eigenvalue weighted by atomic mass is 35.5. The molecule has 0 radical (unpaired) electrons. The third-order valence-electron chi connectivity index (χ3n) is 5.47. The minimum atomic E-state index is 0.171. The standard InChI is InChI=1S/C25H24Cl2N2/c26-23-12-11-21(17-24(23)27)25(20-9-5-2-6-10-20)29-15-13-22(14-16-29)28-18-19-7-3-1-4-8-19/h1-12,17-18,22,25H,13-16H2. The molecule has 29 heavy (non-hydrogen) atoms. The van der Waals surface area contributed by atoms with Crippen LogP contribution in [0.1, 0.15) is 35.6 Å². The number of nitrogens with zero attached hydrogens (tertiary/aromatic N) is 2. The first-order valence-corrected chi connectivity index (χ1v) is 10.8. The summed E-state index contributed by atoms with van der Waals surface area (Å²) in [4.78, 5) is 7.36. The SMILES string of the molecule is Clc1ccc(C(c2ccccc2)N2CCC(N=Cc3ccccc3)CC2)cc1Cl. The van der Waals surface area contributed by atoms with E-state index in [0.29, 0.717) is 16.1 Å². The number of hydrogen-bond donors (Lipinski definition) is 0. The molecule has 1 saturated heterocycles. The Labute approximate surface area is 182 Å². The van der Waals surface area contributed by atoms with Crippen LogP contribution in [-0.4, -0.2) is 30.2 Å². The van der Waals surface area contributed by atoms with E-state index in [2.05, 4.69) is 53.4 Å². The van der Waals surface area contributed by atoms with Gasteiger partial charge < -0.3 is 0 Å². The second-order valence-corrected chi connectivity index (χ2v) is 8.26. The maximum Gasteiger partial charge on any atom is 0.0602 e. The van der Waals surface area contributed by atoms with Crippen molar-refractivity contribution in [3.63, 3.8) is 0 Å². The Morgan fingerprint density at radius 1 is 0.793 bits per heavy atom. The van der Waals surface area contributed by atoms with Crippen molar-refractivity contribution in [2.24, 2.45) is 4.99 Å². The van der Waals surface area contributed by atoms with E-state index in [4.69, 9.17) is 28.2 Å². The number of rotatable bonds is 5. The van der Waals surface area contributed by atoms with Gasteiger partial charge in [-0.3, -0.25) is 9.89 Å². The minimum Gasteiger partial charge on any atom is -0.292 e. The fourth-order valence-corrected chi connectivity index (χ4v) is 4.26. The summed E-state index contributed by atoms with van der Waals surface area (Å²) in [6.45, 7) is 1.99. The molecule has 0 spiro atoms. The summed E-state index contributed by atoms with van der Waals surface area (Å²) in [6.07, 6.45) is 4.11. The third kappa shape index (κ3) is 5.08. The largest absolute Gasteiger partial charge is 0.292 e. The molecule has 1 unspecified atom stereocenters. The van der Waals surface area contributed by atoms with E-state index in [0.717, 1.165) is 31.5 Å². The maximum absolute atomic E-state index is 6.34. The lowest BCUT2D eigenvalue weighted by Gasteiger charge is -2.37. The van der Waals surface area contributed by atoms with Gasteiger partial charge in [-0.1, -0.05) is 89.9 Å². The van der Waals surface area contributed by atoms with E-state index in [1.165, 1.54) is 11.1 Å². The van der Waals surface area contributed by atoms with Crippen LogP contribution >= 0.6 is 23.2 Å². The van der Waals surface area contributed by atoms with Crippen molar-refractivity contribution in [1.29, 1.82) is 0 Å². The van der Waals surface area contributed by atoms with Crippen molar-refractivity contribution >= 4 is 29.4 Å². The van der Waals surface area contributed by atoms with Gasteiger partial charge in [-0.25, -0.2) is 0 Å². The molecule has 3 aromatic rings. The highest BCUT2D eigenvalue weighted by Crippen LogP contribution is 2.34. The Kier molecular flexibility index (Phi) is 6.66. The highest BCUT2D eigenvalue weighted by molar-refractivity contribution is 6.42. The molecule has 148 valence electrons. The molecule has 1 atom stereocenters. The average molecular weight is 423 g/mol. The quantitative estimate of drug-likeness (QED) is 0.419. The number of piperidine rings is 1. The Hall–Kier alpha value is -2.13. The predicted molar refractivity (Wildman–Crippen MR) is 123 cm³/mol. The second-order valence-electron chi connectivity index (χ2n) is 7.44. The zero-order valence-corrected chi connectivity index (χ0v) is 17.7. The number of aliphatic imine (C=N–C) groups is 1.